The van der Waals surface area contributed by atoms with Crippen molar-refractivity contribution in [2.75, 3.05) is 36.8 Å². The topological polar surface area (TPSA) is 101 Å². The van der Waals surface area contributed by atoms with Gasteiger partial charge < -0.3 is 25.6 Å². The monoisotopic (exact) mass is 418 g/mol. The summed E-state index contributed by atoms with van der Waals surface area (Å²) in [6.07, 6.45) is 0.933. The first kappa shape index (κ1) is 19.8. The third-order valence-corrected chi connectivity index (χ3v) is 5.09. The number of anilines is 2. The third kappa shape index (κ3) is 3.24. The zero-order valence-electron chi connectivity index (χ0n) is 15.6. The second-order valence-corrected chi connectivity index (χ2v) is 6.93. The molecule has 0 unspecified atom stereocenters. The van der Waals surface area contributed by atoms with Crippen molar-refractivity contribution >= 4 is 28.2 Å². The van der Waals surface area contributed by atoms with Crippen LogP contribution in [0.5, 0.6) is 0 Å². The Hall–Kier alpha value is -3.53. The highest BCUT2D eigenvalue weighted by Gasteiger charge is 2.22. The first-order chi connectivity index (χ1) is 14.3. The number of nitrogens with one attached hydrogen (secondary N) is 1. The van der Waals surface area contributed by atoms with Gasteiger partial charge in [0, 0.05) is 43.8 Å². The van der Waals surface area contributed by atoms with Gasteiger partial charge in [0.05, 0.1) is 22.6 Å². The van der Waals surface area contributed by atoms with E-state index in [9.17, 15) is 27.9 Å². The van der Waals surface area contributed by atoms with E-state index in [0.29, 0.717) is 32.2 Å². The average Bonchev–Trinajstić information content (AvgIpc) is 2.71. The van der Waals surface area contributed by atoms with Gasteiger partial charge in [0.2, 0.25) is 5.43 Å². The number of nitrogen functional groups attached to an aromatic ring is 1. The minimum absolute atomic E-state index is 0.0739. The van der Waals surface area contributed by atoms with E-state index < -0.39 is 34.4 Å². The standard InChI is InChI=1S/C20H17F3N4O3/c21-12-6-14(23)18(7-15(12)24)27-9-11(20(29)30)19(28)10-5-13(22)17(8-16(10)27)26-3-1-25-2-4-26/h5-9,25H,1-4,24H2,(H,29,30). The smallest absolute Gasteiger partial charge is 0.341 e. The van der Waals surface area contributed by atoms with Crippen LogP contribution in [0.2, 0.25) is 0 Å². The summed E-state index contributed by atoms with van der Waals surface area (Å²) in [5, 5.41) is 12.3. The van der Waals surface area contributed by atoms with E-state index in [-0.39, 0.29) is 28.0 Å². The lowest BCUT2D eigenvalue weighted by Crippen LogP contribution is -2.43. The molecule has 1 aromatic heterocycles. The molecule has 2 heterocycles. The van der Waals surface area contributed by atoms with Gasteiger partial charge in [0.1, 0.15) is 23.0 Å². The molecule has 3 aromatic rings. The van der Waals surface area contributed by atoms with Crippen LogP contribution in [0.3, 0.4) is 0 Å². The first-order valence-corrected chi connectivity index (χ1v) is 9.10. The molecule has 0 amide bonds. The number of carboxylic acids is 1. The van der Waals surface area contributed by atoms with Crippen LogP contribution in [0.4, 0.5) is 24.5 Å². The lowest BCUT2D eigenvalue weighted by atomic mass is 10.1. The van der Waals surface area contributed by atoms with Gasteiger partial charge in [-0.25, -0.2) is 18.0 Å². The van der Waals surface area contributed by atoms with E-state index >= 15 is 0 Å². The molecule has 7 nitrogen and oxygen atoms in total. The molecule has 0 aliphatic carbocycles. The first-order valence-electron chi connectivity index (χ1n) is 9.10. The van der Waals surface area contributed by atoms with E-state index in [1.807, 2.05) is 0 Å². The fourth-order valence-electron chi connectivity index (χ4n) is 3.57. The van der Waals surface area contributed by atoms with Gasteiger partial charge in [-0.1, -0.05) is 0 Å². The number of aromatic carboxylic acids is 1. The van der Waals surface area contributed by atoms with Gasteiger partial charge in [-0.2, -0.15) is 0 Å². The quantitative estimate of drug-likeness (QED) is 0.564. The summed E-state index contributed by atoms with van der Waals surface area (Å²) >= 11 is 0. The number of hydrogen-bond acceptors (Lipinski definition) is 5. The SMILES string of the molecule is Nc1cc(-n2cc(C(=O)O)c(=O)c3cc(F)c(N4CCNCC4)cc32)c(F)cc1F. The number of piperazine rings is 1. The summed E-state index contributed by atoms with van der Waals surface area (Å²) in [5.41, 5.74) is 3.61. The number of fused-ring (bicyclic) bond motifs is 1. The van der Waals surface area contributed by atoms with Crippen molar-refractivity contribution in [2.45, 2.75) is 0 Å². The maximum Gasteiger partial charge on any atom is 0.341 e. The van der Waals surface area contributed by atoms with Crippen molar-refractivity contribution in [3.8, 4) is 5.69 Å². The predicted molar refractivity (Wildman–Crippen MR) is 106 cm³/mol. The lowest BCUT2D eigenvalue weighted by Gasteiger charge is -2.30. The lowest BCUT2D eigenvalue weighted by molar-refractivity contribution is 0.0695. The summed E-state index contributed by atoms with van der Waals surface area (Å²) in [6, 6.07) is 3.87. The Labute approximate surface area is 168 Å². The maximum atomic E-state index is 14.8. The molecule has 2 aromatic carbocycles. The van der Waals surface area contributed by atoms with E-state index in [2.05, 4.69) is 5.32 Å². The molecule has 0 saturated carbocycles. The molecule has 1 aliphatic heterocycles. The Bertz CT molecular complexity index is 1240. The van der Waals surface area contributed by atoms with Crippen LogP contribution in [0.1, 0.15) is 10.4 Å². The number of halogens is 3. The van der Waals surface area contributed by atoms with Crippen LogP contribution in [-0.4, -0.2) is 41.8 Å². The number of carbonyl (C=O) groups is 1. The summed E-state index contributed by atoms with van der Waals surface area (Å²) in [6.45, 7) is 2.28. The second-order valence-electron chi connectivity index (χ2n) is 6.93. The average molecular weight is 418 g/mol. The molecule has 4 rings (SSSR count). The number of benzene rings is 2. The van der Waals surface area contributed by atoms with Crippen LogP contribution in [-0.2, 0) is 0 Å². The highest BCUT2D eigenvalue weighted by Crippen LogP contribution is 2.29. The third-order valence-electron chi connectivity index (χ3n) is 5.09. The Balaban J connectivity index is 2.07. The zero-order valence-corrected chi connectivity index (χ0v) is 15.6. The highest BCUT2D eigenvalue weighted by molar-refractivity contribution is 5.94. The molecule has 1 fully saturated rings. The number of pyridine rings is 1. The van der Waals surface area contributed by atoms with Crippen molar-refractivity contribution < 1.29 is 23.1 Å². The second kappa shape index (κ2) is 7.38. The fourth-order valence-corrected chi connectivity index (χ4v) is 3.57. The van der Waals surface area contributed by atoms with E-state index in [1.165, 1.54) is 6.07 Å². The molecule has 0 bridgehead atoms. The number of hydrogen-bond donors (Lipinski definition) is 3. The Morgan fingerprint density at radius 1 is 1.00 bits per heavy atom. The minimum atomic E-state index is -1.56. The molecule has 0 spiro atoms. The number of nitrogens with two attached hydrogens (primary N) is 1. The van der Waals surface area contributed by atoms with Gasteiger partial charge >= 0.3 is 5.97 Å². The van der Waals surface area contributed by atoms with Crippen molar-refractivity contribution in [3.63, 3.8) is 0 Å². The molecule has 30 heavy (non-hydrogen) atoms. The molecule has 0 atom stereocenters. The summed E-state index contributed by atoms with van der Waals surface area (Å²) in [7, 11) is 0. The summed E-state index contributed by atoms with van der Waals surface area (Å²) < 4.78 is 44.1. The normalized spacial score (nSPS) is 14.3. The molecule has 0 radical (unpaired) electrons. The number of rotatable bonds is 3. The van der Waals surface area contributed by atoms with E-state index in [1.54, 1.807) is 4.90 Å². The van der Waals surface area contributed by atoms with Crippen LogP contribution in [0.25, 0.3) is 16.6 Å². The molecule has 1 saturated heterocycles. The molecular weight excluding hydrogens is 401 g/mol. The van der Waals surface area contributed by atoms with Crippen LogP contribution >= 0.6 is 0 Å². The van der Waals surface area contributed by atoms with Gasteiger partial charge in [-0.05, 0) is 18.2 Å². The number of nitrogens with zero attached hydrogens (tertiary/aromatic N) is 2. The van der Waals surface area contributed by atoms with E-state index in [0.717, 1.165) is 22.9 Å². The van der Waals surface area contributed by atoms with Crippen molar-refractivity contribution in [1.82, 2.24) is 9.88 Å². The highest BCUT2D eigenvalue weighted by atomic mass is 19.1. The zero-order chi connectivity index (χ0) is 21.6. The summed E-state index contributed by atoms with van der Waals surface area (Å²) in [5.74, 6) is -4.25. The van der Waals surface area contributed by atoms with Crippen LogP contribution < -0.4 is 21.4 Å². The van der Waals surface area contributed by atoms with E-state index in [4.69, 9.17) is 5.73 Å². The van der Waals surface area contributed by atoms with Gasteiger partial charge in [-0.15, -0.1) is 0 Å². The Kier molecular flexibility index (Phi) is 4.86. The minimum Gasteiger partial charge on any atom is -0.477 e. The van der Waals surface area contributed by atoms with Crippen LogP contribution in [0.15, 0.2) is 35.3 Å². The van der Waals surface area contributed by atoms with Gasteiger partial charge in [0.25, 0.3) is 0 Å². The Morgan fingerprint density at radius 2 is 1.67 bits per heavy atom. The predicted octanol–water partition coefficient (Wildman–Crippen LogP) is 2.10. The molecule has 156 valence electrons. The van der Waals surface area contributed by atoms with Crippen molar-refractivity contribution in [2.24, 2.45) is 0 Å². The number of aromatic nitrogens is 1. The van der Waals surface area contributed by atoms with Crippen molar-refractivity contribution in [3.05, 3.63) is 63.7 Å². The molecule has 10 heteroatoms. The maximum absolute atomic E-state index is 14.8. The van der Waals surface area contributed by atoms with Crippen molar-refractivity contribution in [1.29, 1.82) is 0 Å². The number of carboxylic acid groups (broad SMARTS) is 1. The molecule has 1 aliphatic rings. The Morgan fingerprint density at radius 3 is 2.33 bits per heavy atom. The molecule has 4 N–H and O–H groups in total. The molecular formula is C20H17F3N4O3. The fraction of sp³-hybridized carbons (Fsp3) is 0.200. The summed E-state index contributed by atoms with van der Waals surface area (Å²) in [4.78, 5) is 26.0. The van der Waals surface area contributed by atoms with Crippen LogP contribution in [0, 0.1) is 17.5 Å². The van der Waals surface area contributed by atoms with Gasteiger partial charge in [0.15, 0.2) is 0 Å². The largest absolute Gasteiger partial charge is 0.477 e. The van der Waals surface area contributed by atoms with Gasteiger partial charge in [-0.3, -0.25) is 4.79 Å².